The fourth-order valence-electron chi connectivity index (χ4n) is 2.40. The first-order valence-electron chi connectivity index (χ1n) is 7.04. The summed E-state index contributed by atoms with van der Waals surface area (Å²) in [4.78, 5) is 16.1. The lowest BCUT2D eigenvalue weighted by atomic mass is 10.1. The maximum Gasteiger partial charge on any atom is 0.338 e. The summed E-state index contributed by atoms with van der Waals surface area (Å²) in [5.41, 5.74) is 2.04. The number of halogens is 2. The Labute approximate surface area is 131 Å². The summed E-state index contributed by atoms with van der Waals surface area (Å²) in [7, 11) is 0. The predicted octanol–water partition coefficient (Wildman–Crippen LogP) is 4.10. The van der Waals surface area contributed by atoms with Crippen molar-refractivity contribution >= 4 is 17.0 Å². The van der Waals surface area contributed by atoms with Crippen LogP contribution >= 0.6 is 0 Å². The Bertz CT molecular complexity index is 859. The predicted molar refractivity (Wildman–Crippen MR) is 81.3 cm³/mol. The van der Waals surface area contributed by atoms with Crippen molar-refractivity contribution in [3.63, 3.8) is 0 Å². The van der Waals surface area contributed by atoms with E-state index in [1.807, 2.05) is 13.0 Å². The number of aryl methyl sites for hydroxylation is 1. The monoisotopic (exact) mass is 316 g/mol. The summed E-state index contributed by atoms with van der Waals surface area (Å²) in [6.45, 7) is -1.21. The number of carbonyl (C=O) groups excluding carboxylic acids is 1. The fourth-order valence-corrected chi connectivity index (χ4v) is 2.40. The SMILES string of the molecule is Cc1cccc(C(=O)OCc2nc3ccccc3n2C(F)F)c1. The highest BCUT2D eigenvalue weighted by Gasteiger charge is 2.19. The zero-order valence-corrected chi connectivity index (χ0v) is 12.4. The van der Waals surface area contributed by atoms with Gasteiger partial charge in [0.05, 0.1) is 16.6 Å². The van der Waals surface area contributed by atoms with Gasteiger partial charge in [-0.3, -0.25) is 4.57 Å². The first-order valence-corrected chi connectivity index (χ1v) is 7.04. The number of hydrogen-bond donors (Lipinski definition) is 0. The van der Waals surface area contributed by atoms with Crippen LogP contribution in [-0.2, 0) is 11.3 Å². The molecule has 4 nitrogen and oxygen atoms in total. The molecule has 0 N–H and O–H groups in total. The number of carbonyl (C=O) groups is 1. The number of esters is 1. The number of para-hydroxylation sites is 2. The quantitative estimate of drug-likeness (QED) is 0.681. The average Bonchev–Trinajstić information content (AvgIpc) is 2.91. The summed E-state index contributed by atoms with van der Waals surface area (Å²) in [6.07, 6.45) is 0. The molecule has 0 bridgehead atoms. The molecule has 0 aliphatic heterocycles. The molecule has 0 saturated heterocycles. The van der Waals surface area contributed by atoms with Crippen LogP contribution in [0, 0.1) is 6.92 Å². The first kappa shape index (κ1) is 15.1. The molecule has 0 amide bonds. The van der Waals surface area contributed by atoms with Gasteiger partial charge in [0.1, 0.15) is 6.61 Å². The van der Waals surface area contributed by atoms with E-state index in [1.54, 1.807) is 42.5 Å². The van der Waals surface area contributed by atoms with Crippen LogP contribution in [0.5, 0.6) is 0 Å². The Morgan fingerprint density at radius 1 is 1.22 bits per heavy atom. The second-order valence-corrected chi connectivity index (χ2v) is 5.11. The molecule has 0 fully saturated rings. The van der Waals surface area contributed by atoms with Gasteiger partial charge in [0, 0.05) is 0 Å². The highest BCUT2D eigenvalue weighted by atomic mass is 19.3. The topological polar surface area (TPSA) is 44.1 Å². The van der Waals surface area contributed by atoms with Gasteiger partial charge in [-0.1, -0.05) is 29.8 Å². The van der Waals surface area contributed by atoms with Crippen LogP contribution < -0.4 is 0 Å². The molecule has 0 saturated carbocycles. The summed E-state index contributed by atoms with van der Waals surface area (Å²) >= 11 is 0. The van der Waals surface area contributed by atoms with Crippen molar-refractivity contribution in [2.45, 2.75) is 20.1 Å². The number of alkyl halides is 2. The Kier molecular flexibility index (Phi) is 4.06. The maximum atomic E-state index is 13.3. The third kappa shape index (κ3) is 3.06. The molecule has 0 aliphatic rings. The lowest BCUT2D eigenvalue weighted by Crippen LogP contribution is -2.10. The second-order valence-electron chi connectivity index (χ2n) is 5.11. The third-order valence-corrected chi connectivity index (χ3v) is 3.45. The molecule has 6 heteroatoms. The molecule has 3 aromatic rings. The van der Waals surface area contributed by atoms with E-state index in [0.29, 0.717) is 16.6 Å². The first-order chi connectivity index (χ1) is 11.1. The van der Waals surface area contributed by atoms with E-state index in [9.17, 15) is 13.6 Å². The summed E-state index contributed by atoms with van der Waals surface area (Å²) in [5, 5.41) is 0. The van der Waals surface area contributed by atoms with E-state index >= 15 is 0 Å². The number of hydrogen-bond acceptors (Lipinski definition) is 3. The molecule has 2 aromatic carbocycles. The van der Waals surface area contributed by atoms with Gasteiger partial charge in [-0.2, -0.15) is 8.78 Å². The number of nitrogens with zero attached hydrogens (tertiary/aromatic N) is 2. The molecular formula is C17H14F2N2O2. The van der Waals surface area contributed by atoms with E-state index < -0.39 is 12.5 Å². The lowest BCUT2D eigenvalue weighted by Gasteiger charge is -2.08. The molecule has 118 valence electrons. The minimum atomic E-state index is -2.75. The molecule has 3 rings (SSSR count). The Morgan fingerprint density at radius 2 is 2.00 bits per heavy atom. The number of aromatic nitrogens is 2. The number of imidazole rings is 1. The van der Waals surface area contributed by atoms with Crippen molar-refractivity contribution in [1.82, 2.24) is 9.55 Å². The van der Waals surface area contributed by atoms with E-state index in [1.165, 1.54) is 0 Å². The number of rotatable bonds is 4. The minimum Gasteiger partial charge on any atom is -0.454 e. The van der Waals surface area contributed by atoms with Crippen LogP contribution in [0.3, 0.4) is 0 Å². The van der Waals surface area contributed by atoms with Crippen molar-refractivity contribution in [2.24, 2.45) is 0 Å². The van der Waals surface area contributed by atoms with Gasteiger partial charge in [0.25, 0.3) is 0 Å². The number of benzene rings is 2. The van der Waals surface area contributed by atoms with Crippen molar-refractivity contribution in [2.75, 3.05) is 0 Å². The van der Waals surface area contributed by atoms with Gasteiger partial charge < -0.3 is 4.74 Å². The number of fused-ring (bicyclic) bond motifs is 1. The van der Waals surface area contributed by atoms with Crippen molar-refractivity contribution in [1.29, 1.82) is 0 Å². The van der Waals surface area contributed by atoms with Gasteiger partial charge in [0.15, 0.2) is 5.82 Å². The number of ether oxygens (including phenoxy) is 1. The van der Waals surface area contributed by atoms with Crippen molar-refractivity contribution in [3.8, 4) is 0 Å². The molecule has 0 unspecified atom stereocenters. The molecule has 23 heavy (non-hydrogen) atoms. The smallest absolute Gasteiger partial charge is 0.338 e. The van der Waals surface area contributed by atoms with Crippen LogP contribution in [0.25, 0.3) is 11.0 Å². The fraction of sp³-hybridized carbons (Fsp3) is 0.176. The maximum absolute atomic E-state index is 13.3. The average molecular weight is 316 g/mol. The van der Waals surface area contributed by atoms with Gasteiger partial charge in [-0.05, 0) is 31.2 Å². The van der Waals surface area contributed by atoms with Gasteiger partial charge in [0.2, 0.25) is 0 Å². The summed E-state index contributed by atoms with van der Waals surface area (Å²) in [5.74, 6) is -0.552. The van der Waals surface area contributed by atoms with Crippen molar-refractivity contribution < 1.29 is 18.3 Å². The normalized spacial score (nSPS) is 11.1. The van der Waals surface area contributed by atoms with Crippen LogP contribution in [0.1, 0.15) is 28.3 Å². The molecule has 0 radical (unpaired) electrons. The minimum absolute atomic E-state index is 0.0159. The molecule has 1 heterocycles. The molecular weight excluding hydrogens is 302 g/mol. The van der Waals surface area contributed by atoms with Crippen LogP contribution in [0.2, 0.25) is 0 Å². The van der Waals surface area contributed by atoms with Crippen LogP contribution in [0.4, 0.5) is 8.78 Å². The van der Waals surface area contributed by atoms with Crippen LogP contribution in [0.15, 0.2) is 48.5 Å². The summed E-state index contributed by atoms with van der Waals surface area (Å²) < 4.78 is 32.5. The van der Waals surface area contributed by atoms with E-state index in [2.05, 4.69) is 4.98 Å². The Morgan fingerprint density at radius 3 is 2.74 bits per heavy atom. The zero-order chi connectivity index (χ0) is 16.4. The molecule has 1 aromatic heterocycles. The highest BCUT2D eigenvalue weighted by molar-refractivity contribution is 5.89. The van der Waals surface area contributed by atoms with E-state index in [-0.39, 0.29) is 12.4 Å². The molecule has 0 spiro atoms. The van der Waals surface area contributed by atoms with Gasteiger partial charge in [-0.15, -0.1) is 0 Å². The third-order valence-electron chi connectivity index (χ3n) is 3.45. The van der Waals surface area contributed by atoms with Crippen LogP contribution in [-0.4, -0.2) is 15.5 Å². The zero-order valence-electron chi connectivity index (χ0n) is 12.4. The van der Waals surface area contributed by atoms with E-state index in [4.69, 9.17) is 4.74 Å². The van der Waals surface area contributed by atoms with Gasteiger partial charge in [-0.25, -0.2) is 9.78 Å². The largest absolute Gasteiger partial charge is 0.454 e. The Balaban J connectivity index is 1.84. The molecule has 0 atom stereocenters. The van der Waals surface area contributed by atoms with E-state index in [0.717, 1.165) is 10.1 Å². The van der Waals surface area contributed by atoms with Gasteiger partial charge >= 0.3 is 12.5 Å². The summed E-state index contributed by atoms with van der Waals surface area (Å²) in [6, 6.07) is 13.5. The van der Waals surface area contributed by atoms with Crippen molar-refractivity contribution in [3.05, 3.63) is 65.5 Å². The highest BCUT2D eigenvalue weighted by Crippen LogP contribution is 2.23. The second kappa shape index (κ2) is 6.16. The molecule has 0 aliphatic carbocycles. The standard InChI is InChI=1S/C17H14F2N2O2/c1-11-5-4-6-12(9-11)16(22)23-10-15-20-13-7-2-3-8-14(13)21(15)17(18)19/h2-9,17H,10H2,1H3. The Hall–Kier alpha value is -2.76. The lowest BCUT2D eigenvalue weighted by molar-refractivity contribution is 0.0387.